The summed E-state index contributed by atoms with van der Waals surface area (Å²) in [7, 11) is 7.28. The van der Waals surface area contributed by atoms with E-state index in [9.17, 15) is 0 Å². The lowest BCUT2D eigenvalue weighted by atomic mass is 10.3. The molecule has 0 bridgehead atoms. The molecule has 21 heavy (non-hydrogen) atoms. The first-order chi connectivity index (χ1) is 10.1. The molecule has 0 aliphatic rings. The molecule has 1 heterocycles. The lowest BCUT2D eigenvalue weighted by molar-refractivity contribution is 0.126. The molecular formula is C14H24N4O2S. The first kappa shape index (κ1) is 17.7. The molecule has 1 aromatic heterocycles. The van der Waals surface area contributed by atoms with Gasteiger partial charge in [-0.1, -0.05) is 11.8 Å². The molecule has 0 radical (unpaired) electrons. The van der Waals surface area contributed by atoms with E-state index in [-0.39, 0.29) is 6.04 Å². The van der Waals surface area contributed by atoms with E-state index >= 15 is 0 Å². The Morgan fingerprint density at radius 2 is 1.95 bits per heavy atom. The van der Waals surface area contributed by atoms with Gasteiger partial charge in [0.2, 0.25) is 0 Å². The summed E-state index contributed by atoms with van der Waals surface area (Å²) in [6.07, 6.45) is 5.87. The third-order valence-electron chi connectivity index (χ3n) is 2.54. The summed E-state index contributed by atoms with van der Waals surface area (Å²) in [5.74, 6) is 0.770. The van der Waals surface area contributed by atoms with Gasteiger partial charge in [-0.25, -0.2) is 9.97 Å². The number of anilines is 1. The zero-order valence-corrected chi connectivity index (χ0v) is 14.1. The number of nitrogens with one attached hydrogen (secondary N) is 1. The lowest BCUT2D eigenvalue weighted by Crippen LogP contribution is -2.30. The molecule has 0 aromatic carbocycles. The van der Waals surface area contributed by atoms with E-state index < -0.39 is 0 Å². The van der Waals surface area contributed by atoms with E-state index in [0.717, 1.165) is 16.7 Å². The van der Waals surface area contributed by atoms with E-state index in [2.05, 4.69) is 15.3 Å². The van der Waals surface area contributed by atoms with Gasteiger partial charge in [-0.15, -0.1) is 0 Å². The van der Waals surface area contributed by atoms with Crippen molar-refractivity contribution in [3.8, 4) is 0 Å². The summed E-state index contributed by atoms with van der Waals surface area (Å²) < 4.78 is 10.4. The van der Waals surface area contributed by atoms with Crippen LogP contribution in [-0.2, 0) is 9.47 Å². The predicted molar refractivity (Wildman–Crippen MR) is 87.7 cm³/mol. The van der Waals surface area contributed by atoms with E-state index in [1.165, 1.54) is 11.8 Å². The number of hydrogen-bond acceptors (Lipinski definition) is 7. The van der Waals surface area contributed by atoms with Gasteiger partial charge >= 0.3 is 0 Å². The van der Waals surface area contributed by atoms with E-state index in [1.54, 1.807) is 14.2 Å². The molecule has 7 heteroatoms. The zero-order valence-electron chi connectivity index (χ0n) is 13.3. The molecule has 1 aromatic rings. The van der Waals surface area contributed by atoms with Crippen LogP contribution in [0.1, 0.15) is 5.69 Å². The van der Waals surface area contributed by atoms with Crippen molar-refractivity contribution in [2.75, 3.05) is 53.1 Å². The fourth-order valence-corrected chi connectivity index (χ4v) is 2.05. The van der Waals surface area contributed by atoms with Crippen LogP contribution in [0, 0.1) is 0 Å². The monoisotopic (exact) mass is 312 g/mol. The molecule has 0 spiro atoms. The minimum absolute atomic E-state index is 0.0512. The first-order valence-corrected chi connectivity index (χ1v) is 7.83. The molecule has 0 saturated carbocycles. The van der Waals surface area contributed by atoms with E-state index in [1.807, 2.05) is 43.6 Å². The average molecular weight is 312 g/mol. The second kappa shape index (κ2) is 9.59. The van der Waals surface area contributed by atoms with Crippen LogP contribution in [0.25, 0.3) is 6.08 Å². The molecule has 0 unspecified atom stereocenters. The van der Waals surface area contributed by atoms with Gasteiger partial charge < -0.3 is 19.7 Å². The van der Waals surface area contributed by atoms with Crippen LogP contribution in [0.5, 0.6) is 0 Å². The molecule has 118 valence electrons. The van der Waals surface area contributed by atoms with Crippen molar-refractivity contribution in [2.24, 2.45) is 0 Å². The van der Waals surface area contributed by atoms with Crippen LogP contribution in [0.15, 0.2) is 17.4 Å². The summed E-state index contributed by atoms with van der Waals surface area (Å²) >= 11 is 1.51. The molecule has 0 amide bonds. The molecule has 6 nitrogen and oxygen atoms in total. The van der Waals surface area contributed by atoms with Crippen molar-refractivity contribution in [3.63, 3.8) is 0 Å². The maximum Gasteiger partial charge on any atom is 0.189 e. The Morgan fingerprint density at radius 3 is 2.48 bits per heavy atom. The van der Waals surface area contributed by atoms with Crippen LogP contribution < -0.4 is 5.32 Å². The third-order valence-corrected chi connectivity index (χ3v) is 3.09. The Hall–Kier alpha value is -1.31. The molecule has 1 N–H and O–H groups in total. The lowest BCUT2D eigenvalue weighted by Gasteiger charge is -2.18. The number of nitrogens with zero attached hydrogens (tertiary/aromatic N) is 3. The molecule has 0 saturated heterocycles. The van der Waals surface area contributed by atoms with Gasteiger partial charge in [0, 0.05) is 40.6 Å². The van der Waals surface area contributed by atoms with Crippen LogP contribution in [0.4, 0.5) is 5.82 Å². The highest BCUT2D eigenvalue weighted by molar-refractivity contribution is 7.98. The van der Waals surface area contributed by atoms with Gasteiger partial charge in [0.05, 0.1) is 24.9 Å². The first-order valence-electron chi connectivity index (χ1n) is 6.61. The topological polar surface area (TPSA) is 59.5 Å². The van der Waals surface area contributed by atoms with Crippen molar-refractivity contribution in [1.82, 2.24) is 14.9 Å². The summed E-state index contributed by atoms with van der Waals surface area (Å²) in [5, 5.41) is 4.05. The second-order valence-electron chi connectivity index (χ2n) is 4.70. The number of hydrogen-bond donors (Lipinski definition) is 1. The van der Waals surface area contributed by atoms with Crippen molar-refractivity contribution in [1.29, 1.82) is 0 Å². The van der Waals surface area contributed by atoms with Crippen LogP contribution in [0.2, 0.25) is 0 Å². The maximum absolute atomic E-state index is 5.18. The van der Waals surface area contributed by atoms with Gasteiger partial charge in [0.25, 0.3) is 0 Å². The predicted octanol–water partition coefficient (Wildman–Crippen LogP) is 1.80. The Balaban J connectivity index is 2.91. The number of rotatable bonds is 9. The van der Waals surface area contributed by atoms with Gasteiger partial charge in [-0.3, -0.25) is 0 Å². The summed E-state index contributed by atoms with van der Waals surface area (Å²) in [6.45, 7) is 1.10. The molecule has 0 fully saturated rings. The normalized spacial score (nSPS) is 11.3. The van der Waals surface area contributed by atoms with E-state index in [4.69, 9.17) is 9.47 Å². The maximum atomic E-state index is 5.18. The van der Waals surface area contributed by atoms with Gasteiger partial charge in [-0.05, 0) is 12.3 Å². The zero-order chi connectivity index (χ0) is 15.7. The summed E-state index contributed by atoms with van der Waals surface area (Å²) in [6, 6.07) is 1.97. The SMILES string of the molecule is COCC(COC)Nc1cc(C=CN(C)C)nc(SC)n1. The number of thioether (sulfide) groups is 1. The Kier molecular flexibility index (Phi) is 8.11. The minimum Gasteiger partial charge on any atom is -0.383 e. The minimum atomic E-state index is 0.0512. The van der Waals surface area contributed by atoms with Gasteiger partial charge in [-0.2, -0.15) is 0 Å². The number of methoxy groups -OCH3 is 2. The summed E-state index contributed by atoms with van der Waals surface area (Å²) in [4.78, 5) is 10.9. The van der Waals surface area contributed by atoms with Gasteiger partial charge in [0.15, 0.2) is 5.16 Å². The highest BCUT2D eigenvalue weighted by Gasteiger charge is 2.10. The number of ether oxygens (including phenoxy) is 2. The molecule has 0 aliphatic heterocycles. The van der Waals surface area contributed by atoms with Crippen molar-refractivity contribution >= 4 is 23.7 Å². The van der Waals surface area contributed by atoms with Crippen LogP contribution in [-0.4, -0.2) is 68.7 Å². The molecule has 1 rings (SSSR count). The molecular weight excluding hydrogens is 288 g/mol. The van der Waals surface area contributed by atoms with Crippen LogP contribution >= 0.6 is 11.8 Å². The van der Waals surface area contributed by atoms with Gasteiger partial charge in [0.1, 0.15) is 5.82 Å². The van der Waals surface area contributed by atoms with E-state index in [0.29, 0.717) is 13.2 Å². The third kappa shape index (κ3) is 6.79. The average Bonchev–Trinajstić information content (AvgIpc) is 2.45. The Morgan fingerprint density at radius 1 is 1.29 bits per heavy atom. The van der Waals surface area contributed by atoms with Crippen LogP contribution in [0.3, 0.4) is 0 Å². The Labute approximate surface area is 130 Å². The highest BCUT2D eigenvalue weighted by atomic mass is 32.2. The smallest absolute Gasteiger partial charge is 0.189 e. The fraction of sp³-hybridized carbons (Fsp3) is 0.571. The number of aromatic nitrogens is 2. The standard InChI is InChI=1S/C14H24N4O2S/c1-18(2)7-6-11-8-13(17-14(16-11)21-5)15-12(9-19-3)10-20-4/h6-8,12H,9-10H2,1-5H3,(H,15,16,17). The highest BCUT2D eigenvalue weighted by Crippen LogP contribution is 2.16. The van der Waals surface area contributed by atoms with Crippen molar-refractivity contribution in [2.45, 2.75) is 11.2 Å². The largest absolute Gasteiger partial charge is 0.383 e. The Bertz CT molecular complexity index is 449. The molecule has 0 aliphatic carbocycles. The molecule has 0 atom stereocenters. The quantitative estimate of drug-likeness (QED) is 0.551. The second-order valence-corrected chi connectivity index (χ2v) is 5.47. The van der Waals surface area contributed by atoms with Crippen molar-refractivity contribution < 1.29 is 9.47 Å². The van der Waals surface area contributed by atoms with Crippen molar-refractivity contribution in [3.05, 3.63) is 18.0 Å². The summed E-state index contributed by atoms with van der Waals surface area (Å²) in [5.41, 5.74) is 0.860. The fourth-order valence-electron chi connectivity index (χ4n) is 1.66.